The highest BCUT2D eigenvalue weighted by Gasteiger charge is 2.22. The summed E-state index contributed by atoms with van der Waals surface area (Å²) in [6.45, 7) is 4.56. The number of aryl methyl sites for hydroxylation is 2. The molecule has 1 atom stereocenters. The van der Waals surface area contributed by atoms with E-state index in [0.29, 0.717) is 24.2 Å². The summed E-state index contributed by atoms with van der Waals surface area (Å²) in [7, 11) is 0. The van der Waals surface area contributed by atoms with Crippen LogP contribution in [-0.2, 0) is 25.9 Å². The first-order valence-corrected chi connectivity index (χ1v) is 8.69. The fourth-order valence-electron chi connectivity index (χ4n) is 3.19. The lowest BCUT2D eigenvalue weighted by Crippen LogP contribution is -2.30. The molecule has 8 heteroatoms. The van der Waals surface area contributed by atoms with Crippen LogP contribution in [-0.4, -0.2) is 36.4 Å². The Balaban J connectivity index is 1.31. The van der Waals surface area contributed by atoms with E-state index in [-0.39, 0.29) is 0 Å². The van der Waals surface area contributed by atoms with Crippen molar-refractivity contribution in [3.05, 3.63) is 41.9 Å². The zero-order valence-corrected chi connectivity index (χ0v) is 14.2. The van der Waals surface area contributed by atoms with Gasteiger partial charge in [0.1, 0.15) is 17.3 Å². The van der Waals surface area contributed by atoms with E-state index in [4.69, 9.17) is 4.52 Å². The van der Waals surface area contributed by atoms with Gasteiger partial charge in [-0.15, -0.1) is 10.2 Å². The van der Waals surface area contributed by atoms with Crippen LogP contribution in [0.25, 0.3) is 11.5 Å². The van der Waals surface area contributed by atoms with Crippen molar-refractivity contribution in [1.29, 1.82) is 0 Å². The van der Waals surface area contributed by atoms with Crippen molar-refractivity contribution >= 4 is 0 Å². The van der Waals surface area contributed by atoms with E-state index in [0.717, 1.165) is 49.7 Å². The van der Waals surface area contributed by atoms with E-state index in [9.17, 15) is 0 Å². The van der Waals surface area contributed by atoms with E-state index in [2.05, 4.69) is 42.1 Å². The lowest BCUT2D eigenvalue weighted by molar-refractivity contribution is 0.324. The fraction of sp³-hybridized carbons (Fsp3) is 0.471. The molecule has 0 aliphatic carbocycles. The molecular weight excluding hydrogens is 318 g/mol. The summed E-state index contributed by atoms with van der Waals surface area (Å²) in [5.74, 6) is 3.86. The van der Waals surface area contributed by atoms with Gasteiger partial charge in [0.2, 0.25) is 11.7 Å². The molecule has 4 heterocycles. The highest BCUT2D eigenvalue weighted by molar-refractivity contribution is 5.46. The van der Waals surface area contributed by atoms with Gasteiger partial charge in [0.05, 0.1) is 6.54 Å². The van der Waals surface area contributed by atoms with Gasteiger partial charge in [-0.3, -0.25) is 4.98 Å². The van der Waals surface area contributed by atoms with Crippen molar-refractivity contribution in [2.45, 2.75) is 39.3 Å². The van der Waals surface area contributed by atoms with E-state index >= 15 is 0 Å². The summed E-state index contributed by atoms with van der Waals surface area (Å²) in [6.07, 6.45) is 4.75. The maximum absolute atomic E-state index is 5.30. The predicted molar refractivity (Wildman–Crippen MR) is 90.4 cm³/mol. The minimum atomic E-state index is 0.525. The third kappa shape index (κ3) is 3.43. The number of rotatable bonds is 6. The number of fused-ring (bicyclic) bond motifs is 1. The third-order valence-electron chi connectivity index (χ3n) is 4.51. The first-order chi connectivity index (χ1) is 12.3. The third-order valence-corrected chi connectivity index (χ3v) is 4.51. The molecule has 8 nitrogen and oxygen atoms in total. The van der Waals surface area contributed by atoms with Gasteiger partial charge in [0, 0.05) is 32.1 Å². The second-order valence-corrected chi connectivity index (χ2v) is 6.26. The van der Waals surface area contributed by atoms with Crippen molar-refractivity contribution in [1.82, 2.24) is 35.2 Å². The Morgan fingerprint density at radius 2 is 2.28 bits per heavy atom. The molecule has 1 aliphatic heterocycles. The monoisotopic (exact) mass is 339 g/mol. The first kappa shape index (κ1) is 15.9. The topological polar surface area (TPSA) is 94.6 Å². The Kier molecular flexibility index (Phi) is 4.51. The molecule has 0 bridgehead atoms. The molecule has 0 saturated heterocycles. The SMILES string of the molecule is CCc1nnc2n1CC(CNCc1nc(-c3ccccn3)no1)CC2. The molecule has 1 unspecified atom stereocenters. The summed E-state index contributed by atoms with van der Waals surface area (Å²) in [4.78, 5) is 8.62. The number of hydrogen-bond acceptors (Lipinski definition) is 7. The molecule has 0 aromatic carbocycles. The van der Waals surface area contributed by atoms with Gasteiger partial charge in [0.15, 0.2) is 0 Å². The Labute approximate surface area is 145 Å². The highest BCUT2D eigenvalue weighted by atomic mass is 16.5. The Bertz CT molecular complexity index is 813. The summed E-state index contributed by atoms with van der Waals surface area (Å²) in [5, 5.41) is 16.0. The molecule has 0 fully saturated rings. The fourth-order valence-corrected chi connectivity index (χ4v) is 3.19. The van der Waals surface area contributed by atoms with Gasteiger partial charge in [-0.05, 0) is 24.5 Å². The van der Waals surface area contributed by atoms with Gasteiger partial charge in [-0.25, -0.2) is 0 Å². The van der Waals surface area contributed by atoms with E-state index in [1.165, 1.54) is 0 Å². The second-order valence-electron chi connectivity index (χ2n) is 6.26. The molecule has 0 saturated carbocycles. The molecule has 0 radical (unpaired) electrons. The van der Waals surface area contributed by atoms with Gasteiger partial charge in [-0.1, -0.05) is 18.1 Å². The maximum atomic E-state index is 5.30. The lowest BCUT2D eigenvalue weighted by Gasteiger charge is -2.24. The molecule has 25 heavy (non-hydrogen) atoms. The Morgan fingerprint density at radius 1 is 1.32 bits per heavy atom. The van der Waals surface area contributed by atoms with Crippen LogP contribution < -0.4 is 5.32 Å². The molecule has 0 amide bonds. The summed E-state index contributed by atoms with van der Waals surface area (Å²) >= 11 is 0. The smallest absolute Gasteiger partial charge is 0.240 e. The van der Waals surface area contributed by atoms with Crippen molar-refractivity contribution in [3.8, 4) is 11.5 Å². The second kappa shape index (κ2) is 7.10. The Morgan fingerprint density at radius 3 is 3.12 bits per heavy atom. The first-order valence-electron chi connectivity index (χ1n) is 8.69. The van der Waals surface area contributed by atoms with Crippen LogP contribution >= 0.6 is 0 Å². The number of aromatic nitrogens is 6. The largest absolute Gasteiger partial charge is 0.337 e. The highest BCUT2D eigenvalue weighted by Crippen LogP contribution is 2.20. The van der Waals surface area contributed by atoms with Crippen molar-refractivity contribution in [2.24, 2.45) is 5.92 Å². The summed E-state index contributed by atoms with van der Waals surface area (Å²) in [6, 6.07) is 5.64. The minimum Gasteiger partial charge on any atom is -0.337 e. The number of nitrogens with one attached hydrogen (secondary N) is 1. The average molecular weight is 339 g/mol. The number of pyridine rings is 1. The molecule has 130 valence electrons. The molecule has 1 aliphatic rings. The minimum absolute atomic E-state index is 0.525. The number of hydrogen-bond donors (Lipinski definition) is 1. The maximum Gasteiger partial charge on any atom is 0.240 e. The zero-order chi connectivity index (χ0) is 17.1. The van der Waals surface area contributed by atoms with Gasteiger partial charge in [0.25, 0.3) is 0 Å². The van der Waals surface area contributed by atoms with Gasteiger partial charge < -0.3 is 14.4 Å². The van der Waals surface area contributed by atoms with Crippen molar-refractivity contribution < 1.29 is 4.52 Å². The summed E-state index contributed by atoms with van der Waals surface area (Å²) in [5.41, 5.74) is 0.719. The molecular formula is C17H21N7O. The van der Waals surface area contributed by atoms with Crippen LogP contribution in [0.5, 0.6) is 0 Å². The van der Waals surface area contributed by atoms with Crippen molar-refractivity contribution in [2.75, 3.05) is 6.54 Å². The van der Waals surface area contributed by atoms with Crippen LogP contribution in [0.2, 0.25) is 0 Å². The molecule has 1 N–H and O–H groups in total. The van der Waals surface area contributed by atoms with Crippen molar-refractivity contribution in [3.63, 3.8) is 0 Å². The quantitative estimate of drug-likeness (QED) is 0.729. The van der Waals surface area contributed by atoms with Gasteiger partial charge in [-0.2, -0.15) is 4.98 Å². The van der Waals surface area contributed by atoms with E-state index in [1.807, 2.05) is 18.2 Å². The average Bonchev–Trinajstić information content (AvgIpc) is 3.29. The van der Waals surface area contributed by atoms with Crippen LogP contribution in [0.15, 0.2) is 28.9 Å². The van der Waals surface area contributed by atoms with Crippen LogP contribution in [0.3, 0.4) is 0 Å². The van der Waals surface area contributed by atoms with E-state index in [1.54, 1.807) is 6.20 Å². The number of nitrogens with zero attached hydrogens (tertiary/aromatic N) is 6. The normalized spacial score (nSPS) is 16.8. The van der Waals surface area contributed by atoms with Gasteiger partial charge >= 0.3 is 0 Å². The molecule has 3 aromatic rings. The lowest BCUT2D eigenvalue weighted by atomic mass is 9.99. The van der Waals surface area contributed by atoms with Crippen LogP contribution in [0.1, 0.15) is 30.9 Å². The zero-order valence-electron chi connectivity index (χ0n) is 14.2. The standard InChI is InChI=1S/C17H21N7O/c1-2-14-21-22-15-7-6-12(11-24(14)15)9-18-10-16-20-17(23-25-16)13-5-3-4-8-19-13/h3-5,8,12,18H,2,6-7,9-11H2,1H3. The Hall–Kier alpha value is -2.61. The molecule has 0 spiro atoms. The predicted octanol–water partition coefficient (Wildman–Crippen LogP) is 1.64. The van der Waals surface area contributed by atoms with Crippen LogP contribution in [0, 0.1) is 5.92 Å². The van der Waals surface area contributed by atoms with Crippen LogP contribution in [0.4, 0.5) is 0 Å². The van der Waals surface area contributed by atoms with E-state index < -0.39 is 0 Å². The summed E-state index contributed by atoms with van der Waals surface area (Å²) < 4.78 is 7.57. The molecule has 3 aromatic heterocycles. The molecule has 4 rings (SSSR count).